The number of amides is 3. The van der Waals surface area contributed by atoms with Crippen molar-refractivity contribution in [3.8, 4) is 0 Å². The lowest BCUT2D eigenvalue weighted by Crippen LogP contribution is -2.41. The van der Waals surface area contributed by atoms with Crippen LogP contribution in [0.5, 0.6) is 0 Å². The summed E-state index contributed by atoms with van der Waals surface area (Å²) in [4.78, 5) is 34.8. The summed E-state index contributed by atoms with van der Waals surface area (Å²) < 4.78 is 0. The summed E-state index contributed by atoms with van der Waals surface area (Å²) in [6.07, 6.45) is 0. The fourth-order valence-electron chi connectivity index (χ4n) is 1.49. The monoisotopic (exact) mass is 265 g/mol. The minimum Gasteiger partial charge on any atom is -0.478 e. The molecule has 4 N–H and O–H groups in total. The Hall–Kier alpha value is -2.57. The van der Waals surface area contributed by atoms with E-state index in [9.17, 15) is 14.4 Å². The molecule has 102 valence electrons. The van der Waals surface area contributed by atoms with Crippen LogP contribution in [0.3, 0.4) is 0 Å². The number of benzene rings is 1. The molecule has 0 saturated carbocycles. The minimum absolute atomic E-state index is 0.0222. The van der Waals surface area contributed by atoms with Crippen LogP contribution in [0.1, 0.15) is 17.3 Å². The quantitative estimate of drug-likeness (QED) is 0.728. The molecule has 0 aromatic heterocycles. The Morgan fingerprint density at radius 3 is 2.47 bits per heavy atom. The van der Waals surface area contributed by atoms with E-state index in [0.29, 0.717) is 0 Å². The van der Waals surface area contributed by atoms with Crippen LogP contribution < -0.4 is 11.1 Å². The molecule has 0 aliphatic rings. The number of carbonyl (C=O) groups excluding carboxylic acids is 2. The van der Waals surface area contributed by atoms with Crippen LogP contribution in [0, 0.1) is 0 Å². The molecule has 7 nitrogen and oxygen atoms in total. The number of carbonyl (C=O) groups is 3. The number of hydrogen-bond acceptors (Lipinski definition) is 3. The number of rotatable bonds is 5. The van der Waals surface area contributed by atoms with Crippen molar-refractivity contribution in [3.63, 3.8) is 0 Å². The Labute approximate surface area is 110 Å². The van der Waals surface area contributed by atoms with E-state index in [1.165, 1.54) is 17.0 Å². The second kappa shape index (κ2) is 6.39. The van der Waals surface area contributed by atoms with Crippen molar-refractivity contribution in [2.45, 2.75) is 6.92 Å². The van der Waals surface area contributed by atoms with Crippen LogP contribution >= 0.6 is 0 Å². The maximum atomic E-state index is 11.9. The van der Waals surface area contributed by atoms with Crippen molar-refractivity contribution in [3.05, 3.63) is 29.8 Å². The fraction of sp³-hybridized carbons (Fsp3) is 0.250. The highest BCUT2D eigenvalue weighted by atomic mass is 16.4. The number of urea groups is 1. The highest BCUT2D eigenvalue weighted by Gasteiger charge is 2.17. The summed E-state index contributed by atoms with van der Waals surface area (Å²) in [5, 5.41) is 11.4. The van der Waals surface area contributed by atoms with Gasteiger partial charge in [-0.15, -0.1) is 0 Å². The lowest BCUT2D eigenvalue weighted by molar-refractivity contribution is -0.118. The molecule has 0 atom stereocenters. The molecule has 1 rings (SSSR count). The fourth-order valence-corrected chi connectivity index (χ4v) is 1.49. The molecule has 7 heteroatoms. The molecule has 19 heavy (non-hydrogen) atoms. The number of nitrogens with one attached hydrogen (secondary N) is 1. The molecular formula is C12H15N3O4. The molecule has 0 heterocycles. The van der Waals surface area contributed by atoms with Gasteiger partial charge in [0.2, 0.25) is 5.91 Å². The van der Waals surface area contributed by atoms with Gasteiger partial charge in [0.05, 0.1) is 11.3 Å². The predicted molar refractivity (Wildman–Crippen MR) is 68.9 cm³/mol. The molecule has 0 bridgehead atoms. The van der Waals surface area contributed by atoms with Crippen LogP contribution in [0.15, 0.2) is 24.3 Å². The Bertz CT molecular complexity index is 502. The molecule has 0 saturated heterocycles. The van der Waals surface area contributed by atoms with Crippen molar-refractivity contribution < 1.29 is 19.5 Å². The van der Waals surface area contributed by atoms with Gasteiger partial charge in [0.25, 0.3) is 0 Å². The lowest BCUT2D eigenvalue weighted by atomic mass is 10.2. The molecule has 0 fully saturated rings. The molecule has 0 spiro atoms. The molecule has 0 aliphatic heterocycles. The Morgan fingerprint density at radius 1 is 1.32 bits per heavy atom. The van der Waals surface area contributed by atoms with Gasteiger partial charge in [-0.3, -0.25) is 4.79 Å². The number of carboxylic acids is 1. The SMILES string of the molecule is CCN(CC(N)=O)C(=O)Nc1ccccc1C(=O)O. The molecule has 0 aliphatic carbocycles. The van der Waals surface area contributed by atoms with Gasteiger partial charge in [0.15, 0.2) is 0 Å². The first-order chi connectivity index (χ1) is 8.95. The number of primary amides is 1. The van der Waals surface area contributed by atoms with E-state index in [1.807, 2.05) is 0 Å². The second-order valence-electron chi connectivity index (χ2n) is 3.76. The summed E-state index contributed by atoms with van der Waals surface area (Å²) in [5.74, 6) is -1.78. The van der Waals surface area contributed by atoms with Crippen LogP contribution in [0.2, 0.25) is 0 Å². The number of nitrogens with zero attached hydrogens (tertiary/aromatic N) is 1. The third kappa shape index (κ3) is 3.98. The smallest absolute Gasteiger partial charge is 0.337 e. The molecule has 1 aromatic rings. The van der Waals surface area contributed by atoms with Crippen molar-refractivity contribution in [2.75, 3.05) is 18.4 Å². The minimum atomic E-state index is -1.14. The van der Waals surface area contributed by atoms with E-state index in [4.69, 9.17) is 10.8 Å². The van der Waals surface area contributed by atoms with Gasteiger partial charge in [-0.1, -0.05) is 12.1 Å². The normalized spacial score (nSPS) is 9.74. The van der Waals surface area contributed by atoms with E-state index in [2.05, 4.69) is 5.32 Å². The van der Waals surface area contributed by atoms with Gasteiger partial charge < -0.3 is 21.1 Å². The molecule has 3 amide bonds. The topological polar surface area (TPSA) is 113 Å². The van der Waals surface area contributed by atoms with Gasteiger partial charge in [0.1, 0.15) is 6.54 Å². The summed E-state index contributed by atoms with van der Waals surface area (Å²) in [5.41, 5.74) is 5.17. The summed E-state index contributed by atoms with van der Waals surface area (Å²) >= 11 is 0. The van der Waals surface area contributed by atoms with E-state index in [0.717, 1.165) is 0 Å². The van der Waals surface area contributed by atoms with Crippen LogP contribution in [0.4, 0.5) is 10.5 Å². The Balaban J connectivity index is 2.87. The number of anilines is 1. The second-order valence-corrected chi connectivity index (χ2v) is 3.76. The maximum Gasteiger partial charge on any atom is 0.337 e. The summed E-state index contributed by atoms with van der Waals surface area (Å²) in [6.45, 7) is 1.74. The Kier molecular flexibility index (Phi) is 4.87. The van der Waals surface area contributed by atoms with Crippen LogP contribution in [0.25, 0.3) is 0 Å². The molecule has 0 radical (unpaired) electrons. The Morgan fingerprint density at radius 2 is 1.95 bits per heavy atom. The van der Waals surface area contributed by atoms with Crippen molar-refractivity contribution in [2.24, 2.45) is 5.73 Å². The van der Waals surface area contributed by atoms with Gasteiger partial charge in [-0.05, 0) is 19.1 Å². The predicted octanol–water partition coefficient (Wildman–Crippen LogP) is 0.724. The standard InChI is InChI=1S/C12H15N3O4/c1-2-15(7-10(13)16)12(19)14-9-6-4-3-5-8(9)11(17)18/h3-6H,2,7H2,1H3,(H2,13,16)(H,14,19)(H,17,18). The molecular weight excluding hydrogens is 250 g/mol. The number of aromatic carboxylic acids is 1. The number of hydrogen-bond donors (Lipinski definition) is 3. The van der Waals surface area contributed by atoms with Crippen molar-refractivity contribution in [1.82, 2.24) is 4.90 Å². The average Bonchev–Trinajstić information content (AvgIpc) is 2.35. The van der Waals surface area contributed by atoms with Gasteiger partial charge in [0, 0.05) is 6.54 Å². The van der Waals surface area contributed by atoms with Crippen molar-refractivity contribution in [1.29, 1.82) is 0 Å². The molecule has 1 aromatic carbocycles. The van der Waals surface area contributed by atoms with Gasteiger partial charge in [-0.2, -0.15) is 0 Å². The third-order valence-electron chi connectivity index (χ3n) is 2.41. The number of likely N-dealkylation sites (N-methyl/N-ethyl adjacent to an activating group) is 1. The number of nitrogens with two attached hydrogens (primary N) is 1. The van der Waals surface area contributed by atoms with Gasteiger partial charge >= 0.3 is 12.0 Å². The zero-order chi connectivity index (χ0) is 14.4. The van der Waals surface area contributed by atoms with Crippen molar-refractivity contribution >= 4 is 23.6 Å². The van der Waals surface area contributed by atoms with E-state index in [1.54, 1.807) is 19.1 Å². The van der Waals surface area contributed by atoms with Crippen LogP contribution in [-0.4, -0.2) is 41.0 Å². The first kappa shape index (κ1) is 14.5. The largest absolute Gasteiger partial charge is 0.478 e. The lowest BCUT2D eigenvalue weighted by Gasteiger charge is -2.20. The summed E-state index contributed by atoms with van der Waals surface area (Å²) in [6, 6.07) is 5.43. The highest BCUT2D eigenvalue weighted by molar-refractivity contribution is 6.00. The summed E-state index contributed by atoms with van der Waals surface area (Å²) in [7, 11) is 0. The maximum absolute atomic E-state index is 11.9. The van der Waals surface area contributed by atoms with Gasteiger partial charge in [-0.25, -0.2) is 9.59 Å². The van der Waals surface area contributed by atoms with E-state index < -0.39 is 17.9 Å². The first-order valence-electron chi connectivity index (χ1n) is 5.62. The third-order valence-corrected chi connectivity index (χ3v) is 2.41. The first-order valence-corrected chi connectivity index (χ1v) is 5.62. The zero-order valence-electron chi connectivity index (χ0n) is 10.4. The van der Waals surface area contributed by atoms with Crippen LogP contribution in [-0.2, 0) is 4.79 Å². The average molecular weight is 265 g/mol. The van der Waals surface area contributed by atoms with E-state index >= 15 is 0 Å². The molecule has 0 unspecified atom stereocenters. The number of carboxylic acid groups (broad SMARTS) is 1. The number of para-hydroxylation sites is 1. The van der Waals surface area contributed by atoms with E-state index in [-0.39, 0.29) is 24.3 Å². The zero-order valence-corrected chi connectivity index (χ0v) is 10.4. The highest BCUT2D eigenvalue weighted by Crippen LogP contribution is 2.15.